The van der Waals surface area contributed by atoms with Crippen molar-refractivity contribution < 1.29 is 14.6 Å². The van der Waals surface area contributed by atoms with Crippen molar-refractivity contribution >= 4 is 0 Å². The van der Waals surface area contributed by atoms with Crippen molar-refractivity contribution in [3.63, 3.8) is 0 Å². The van der Waals surface area contributed by atoms with E-state index in [1.165, 1.54) is 12.1 Å². The summed E-state index contributed by atoms with van der Waals surface area (Å²) in [6.07, 6.45) is 0.882. The lowest BCUT2D eigenvalue weighted by Crippen LogP contribution is -2.37. The Hall–Kier alpha value is -2.75. The summed E-state index contributed by atoms with van der Waals surface area (Å²) in [6.45, 7) is 3.80. The molecule has 0 aromatic heterocycles. The van der Waals surface area contributed by atoms with Crippen molar-refractivity contribution in [2.45, 2.75) is 24.0 Å². The molecule has 0 amide bonds. The van der Waals surface area contributed by atoms with Gasteiger partial charge in [-0.25, -0.2) is 4.39 Å². The van der Waals surface area contributed by atoms with Crippen molar-refractivity contribution in [2.75, 3.05) is 0 Å². The van der Waals surface area contributed by atoms with Gasteiger partial charge in [-0.2, -0.15) is 0 Å². The van der Waals surface area contributed by atoms with Gasteiger partial charge in [0.2, 0.25) is 0 Å². The molecule has 0 aliphatic rings. The first kappa shape index (κ1) is 19.0. The highest BCUT2D eigenvalue weighted by Gasteiger charge is 2.43. The quantitative estimate of drug-likeness (QED) is 0.574. The lowest BCUT2D eigenvalue weighted by atomic mass is 9.71. The number of aliphatic hydroxyl groups is 2. The summed E-state index contributed by atoms with van der Waals surface area (Å²) in [5.41, 5.74) is 0.657. The SMILES string of the molecule is C=CC[C@](O)(c1ccccc1)[C@@H](c1ccccc1)[C@@H](O)c1ccc(F)cc1. The molecular weight excluding hydrogens is 339 g/mol. The predicted molar refractivity (Wildman–Crippen MR) is 106 cm³/mol. The molecule has 0 saturated carbocycles. The molecule has 27 heavy (non-hydrogen) atoms. The highest BCUT2D eigenvalue weighted by Crippen LogP contribution is 2.47. The third-order valence-corrected chi connectivity index (χ3v) is 4.93. The largest absolute Gasteiger partial charge is 0.388 e. The van der Waals surface area contributed by atoms with Crippen molar-refractivity contribution in [3.05, 3.63) is 120 Å². The van der Waals surface area contributed by atoms with Crippen LogP contribution in [0.3, 0.4) is 0 Å². The van der Waals surface area contributed by atoms with Gasteiger partial charge in [0.05, 0.1) is 6.10 Å². The van der Waals surface area contributed by atoms with E-state index in [1.54, 1.807) is 18.2 Å². The van der Waals surface area contributed by atoms with Crippen LogP contribution in [0.2, 0.25) is 0 Å². The Morgan fingerprint density at radius 1 is 0.852 bits per heavy atom. The molecule has 3 atom stereocenters. The van der Waals surface area contributed by atoms with Crippen LogP contribution < -0.4 is 0 Å². The van der Waals surface area contributed by atoms with Crippen molar-refractivity contribution in [1.29, 1.82) is 0 Å². The van der Waals surface area contributed by atoms with Crippen LogP contribution in [0.15, 0.2) is 97.6 Å². The molecule has 0 radical (unpaired) electrons. The van der Waals surface area contributed by atoms with E-state index in [-0.39, 0.29) is 12.2 Å². The van der Waals surface area contributed by atoms with Crippen LogP contribution >= 0.6 is 0 Å². The van der Waals surface area contributed by atoms with E-state index in [0.717, 1.165) is 5.56 Å². The van der Waals surface area contributed by atoms with Gasteiger partial charge in [0.15, 0.2) is 0 Å². The molecule has 0 aliphatic carbocycles. The minimum atomic E-state index is -1.38. The number of halogens is 1. The Labute approximate surface area is 159 Å². The number of aliphatic hydroxyl groups excluding tert-OH is 1. The summed E-state index contributed by atoms with van der Waals surface area (Å²) < 4.78 is 13.3. The lowest BCUT2D eigenvalue weighted by molar-refractivity contribution is -0.0400. The summed E-state index contributed by atoms with van der Waals surface area (Å²) >= 11 is 0. The molecule has 138 valence electrons. The fourth-order valence-electron chi connectivity index (χ4n) is 3.60. The van der Waals surface area contributed by atoms with Crippen LogP contribution in [-0.4, -0.2) is 10.2 Å². The van der Waals surface area contributed by atoms with Gasteiger partial charge < -0.3 is 10.2 Å². The van der Waals surface area contributed by atoms with Gasteiger partial charge in [-0.15, -0.1) is 6.58 Å². The first-order valence-corrected chi connectivity index (χ1v) is 8.93. The molecule has 0 fully saturated rings. The maximum atomic E-state index is 13.3. The van der Waals surface area contributed by atoms with E-state index < -0.39 is 17.6 Å². The van der Waals surface area contributed by atoms with Crippen LogP contribution in [0.25, 0.3) is 0 Å². The maximum Gasteiger partial charge on any atom is 0.123 e. The van der Waals surface area contributed by atoms with E-state index >= 15 is 0 Å². The van der Waals surface area contributed by atoms with Crippen LogP contribution in [0, 0.1) is 5.82 Å². The van der Waals surface area contributed by atoms with Crippen molar-refractivity contribution in [1.82, 2.24) is 0 Å². The third kappa shape index (κ3) is 4.00. The summed E-state index contributed by atoms with van der Waals surface area (Å²) in [6, 6.07) is 24.4. The second kappa shape index (κ2) is 8.30. The van der Waals surface area contributed by atoms with E-state index in [9.17, 15) is 14.6 Å². The van der Waals surface area contributed by atoms with Crippen molar-refractivity contribution in [2.24, 2.45) is 0 Å². The molecule has 0 heterocycles. The number of rotatable bonds is 7. The summed E-state index contributed by atoms with van der Waals surface area (Å²) in [4.78, 5) is 0. The minimum Gasteiger partial charge on any atom is -0.388 e. The molecule has 0 spiro atoms. The molecule has 3 aromatic rings. The van der Waals surface area contributed by atoms with Crippen LogP contribution in [0.1, 0.15) is 35.1 Å². The Morgan fingerprint density at radius 2 is 1.41 bits per heavy atom. The smallest absolute Gasteiger partial charge is 0.123 e. The molecule has 0 aliphatic heterocycles. The van der Waals surface area contributed by atoms with E-state index in [0.29, 0.717) is 11.1 Å². The second-order valence-electron chi connectivity index (χ2n) is 6.67. The third-order valence-electron chi connectivity index (χ3n) is 4.93. The Kier molecular flexibility index (Phi) is 5.84. The molecular formula is C24H23FO2. The van der Waals surface area contributed by atoms with Gasteiger partial charge >= 0.3 is 0 Å². The lowest BCUT2D eigenvalue weighted by Gasteiger charge is -2.39. The van der Waals surface area contributed by atoms with Crippen LogP contribution in [0.4, 0.5) is 4.39 Å². The van der Waals surface area contributed by atoms with Gasteiger partial charge in [0, 0.05) is 5.92 Å². The highest BCUT2D eigenvalue weighted by atomic mass is 19.1. The first-order chi connectivity index (χ1) is 13.1. The molecule has 3 rings (SSSR count). The number of benzene rings is 3. The fraction of sp³-hybridized carbons (Fsp3) is 0.167. The van der Waals surface area contributed by atoms with Gasteiger partial charge in [-0.1, -0.05) is 78.9 Å². The topological polar surface area (TPSA) is 40.5 Å². The number of hydrogen-bond donors (Lipinski definition) is 2. The van der Waals surface area contributed by atoms with E-state index in [1.807, 2.05) is 60.7 Å². The fourth-order valence-corrected chi connectivity index (χ4v) is 3.60. The normalized spacial score (nSPS) is 15.5. The average molecular weight is 362 g/mol. The number of hydrogen-bond acceptors (Lipinski definition) is 2. The van der Waals surface area contributed by atoms with Crippen molar-refractivity contribution in [3.8, 4) is 0 Å². The molecule has 0 unspecified atom stereocenters. The summed E-state index contributed by atoms with van der Waals surface area (Å²) in [7, 11) is 0. The zero-order valence-electron chi connectivity index (χ0n) is 15.0. The Morgan fingerprint density at radius 3 is 1.96 bits per heavy atom. The molecule has 3 heteroatoms. The highest BCUT2D eigenvalue weighted by molar-refractivity contribution is 5.36. The van der Waals surface area contributed by atoms with E-state index in [4.69, 9.17) is 0 Å². The zero-order chi connectivity index (χ0) is 19.3. The summed E-state index contributed by atoms with van der Waals surface area (Å²) in [5.74, 6) is -1.03. The molecule has 2 nitrogen and oxygen atoms in total. The maximum absolute atomic E-state index is 13.3. The molecule has 0 saturated heterocycles. The predicted octanol–water partition coefficient (Wildman–Crippen LogP) is 5.11. The van der Waals surface area contributed by atoms with Gasteiger partial charge in [0.25, 0.3) is 0 Å². The molecule has 2 N–H and O–H groups in total. The first-order valence-electron chi connectivity index (χ1n) is 8.93. The van der Waals surface area contributed by atoms with Gasteiger partial charge in [-0.3, -0.25) is 0 Å². The second-order valence-corrected chi connectivity index (χ2v) is 6.67. The van der Waals surface area contributed by atoms with E-state index in [2.05, 4.69) is 6.58 Å². The van der Waals surface area contributed by atoms with Crippen LogP contribution in [0.5, 0.6) is 0 Å². The Balaban J connectivity index is 2.16. The van der Waals surface area contributed by atoms with Crippen LogP contribution in [-0.2, 0) is 5.60 Å². The molecule has 3 aromatic carbocycles. The Bertz CT molecular complexity index is 862. The van der Waals surface area contributed by atoms with Gasteiger partial charge in [-0.05, 0) is 35.2 Å². The monoisotopic (exact) mass is 362 g/mol. The molecule has 0 bridgehead atoms. The zero-order valence-corrected chi connectivity index (χ0v) is 15.0. The standard InChI is InChI=1S/C24H23FO2/c1-2-17-24(27,20-11-7-4-8-12-20)22(18-9-5-3-6-10-18)23(26)19-13-15-21(25)16-14-19/h2-16,22-23,26-27H,1,17H2/t22-,23-,24-/m0/s1. The van der Waals surface area contributed by atoms with Gasteiger partial charge in [0.1, 0.15) is 11.4 Å². The minimum absolute atomic E-state index is 0.259. The summed E-state index contributed by atoms with van der Waals surface area (Å²) in [5, 5.41) is 23.0. The average Bonchev–Trinajstić information content (AvgIpc) is 2.70.